The van der Waals surface area contributed by atoms with Crippen LogP contribution in [0.25, 0.3) is 0 Å². The van der Waals surface area contributed by atoms with Crippen LogP contribution in [0, 0.1) is 0 Å². The zero-order valence-corrected chi connectivity index (χ0v) is 8.54. The maximum atomic E-state index is 11.3. The van der Waals surface area contributed by atoms with E-state index in [0.29, 0.717) is 16.7 Å². The topological polar surface area (TPSA) is 42.0 Å². The van der Waals surface area contributed by atoms with Crippen LogP contribution in [-0.2, 0) is 0 Å². The van der Waals surface area contributed by atoms with Gasteiger partial charge in [-0.2, -0.15) is 0 Å². The SMILES string of the molecule is C=CCNC(=O)c1ccc(Br)nc1. The lowest BCUT2D eigenvalue weighted by Crippen LogP contribution is -2.23. The van der Waals surface area contributed by atoms with Crippen molar-refractivity contribution in [3.63, 3.8) is 0 Å². The van der Waals surface area contributed by atoms with E-state index < -0.39 is 0 Å². The Morgan fingerprint density at radius 1 is 1.69 bits per heavy atom. The van der Waals surface area contributed by atoms with Crippen molar-refractivity contribution in [2.24, 2.45) is 0 Å². The molecule has 3 nitrogen and oxygen atoms in total. The van der Waals surface area contributed by atoms with Crippen LogP contribution >= 0.6 is 15.9 Å². The van der Waals surface area contributed by atoms with E-state index in [0.717, 1.165) is 0 Å². The number of rotatable bonds is 3. The predicted molar refractivity (Wildman–Crippen MR) is 54.5 cm³/mol. The number of pyridine rings is 1. The Balaban J connectivity index is 2.66. The van der Waals surface area contributed by atoms with E-state index in [1.165, 1.54) is 6.20 Å². The number of amides is 1. The van der Waals surface area contributed by atoms with Crippen LogP contribution in [0.3, 0.4) is 0 Å². The lowest BCUT2D eigenvalue weighted by molar-refractivity contribution is 0.0957. The van der Waals surface area contributed by atoms with Gasteiger partial charge in [-0.3, -0.25) is 4.79 Å². The summed E-state index contributed by atoms with van der Waals surface area (Å²) in [6, 6.07) is 3.43. The maximum Gasteiger partial charge on any atom is 0.253 e. The van der Waals surface area contributed by atoms with Crippen molar-refractivity contribution in [1.82, 2.24) is 10.3 Å². The molecule has 1 N–H and O–H groups in total. The van der Waals surface area contributed by atoms with Crippen molar-refractivity contribution in [1.29, 1.82) is 0 Å². The third kappa shape index (κ3) is 2.99. The lowest BCUT2D eigenvalue weighted by Gasteiger charge is -2.00. The van der Waals surface area contributed by atoms with Crippen LogP contribution in [0.5, 0.6) is 0 Å². The molecule has 4 heteroatoms. The number of aromatic nitrogens is 1. The van der Waals surface area contributed by atoms with Crippen LogP contribution in [0.15, 0.2) is 35.6 Å². The molecule has 1 amide bonds. The summed E-state index contributed by atoms with van der Waals surface area (Å²) < 4.78 is 0.716. The van der Waals surface area contributed by atoms with Gasteiger partial charge in [-0.1, -0.05) is 6.08 Å². The monoisotopic (exact) mass is 240 g/mol. The smallest absolute Gasteiger partial charge is 0.253 e. The van der Waals surface area contributed by atoms with E-state index in [9.17, 15) is 4.79 Å². The Labute approximate surface area is 85.0 Å². The van der Waals surface area contributed by atoms with Gasteiger partial charge in [0.2, 0.25) is 0 Å². The molecule has 0 aliphatic rings. The number of hydrogen-bond donors (Lipinski definition) is 1. The second-order valence-electron chi connectivity index (χ2n) is 2.37. The first-order valence-electron chi connectivity index (χ1n) is 3.74. The summed E-state index contributed by atoms with van der Waals surface area (Å²) in [6.07, 6.45) is 3.15. The van der Waals surface area contributed by atoms with E-state index in [-0.39, 0.29) is 5.91 Å². The molecule has 1 rings (SSSR count). The Bertz CT molecular complexity index is 308. The fourth-order valence-corrected chi connectivity index (χ4v) is 1.01. The summed E-state index contributed by atoms with van der Waals surface area (Å²) in [6.45, 7) is 3.97. The number of carbonyl (C=O) groups excluding carboxylic acids is 1. The highest BCUT2D eigenvalue weighted by Crippen LogP contribution is 2.05. The lowest BCUT2D eigenvalue weighted by atomic mass is 10.3. The molecular formula is C9H9BrN2O. The first-order valence-corrected chi connectivity index (χ1v) is 4.54. The van der Waals surface area contributed by atoms with E-state index in [2.05, 4.69) is 32.8 Å². The zero-order valence-electron chi connectivity index (χ0n) is 6.96. The molecule has 0 aromatic carbocycles. The van der Waals surface area contributed by atoms with Gasteiger partial charge in [0.1, 0.15) is 4.60 Å². The highest BCUT2D eigenvalue weighted by molar-refractivity contribution is 9.10. The minimum absolute atomic E-state index is 0.139. The first-order chi connectivity index (χ1) is 6.24. The quantitative estimate of drug-likeness (QED) is 0.647. The second kappa shape index (κ2) is 4.77. The number of nitrogens with zero attached hydrogens (tertiary/aromatic N) is 1. The molecule has 1 aromatic rings. The summed E-state index contributed by atoms with van der Waals surface area (Å²) in [5.41, 5.74) is 0.546. The van der Waals surface area contributed by atoms with Crippen LogP contribution in [0.4, 0.5) is 0 Å². The third-order valence-corrected chi connectivity index (χ3v) is 1.87. The highest BCUT2D eigenvalue weighted by atomic mass is 79.9. The largest absolute Gasteiger partial charge is 0.349 e. The van der Waals surface area contributed by atoms with Gasteiger partial charge in [-0.15, -0.1) is 6.58 Å². The van der Waals surface area contributed by atoms with E-state index in [1.54, 1.807) is 18.2 Å². The molecule has 0 fully saturated rings. The molecule has 0 saturated carbocycles. The maximum absolute atomic E-state index is 11.3. The van der Waals surface area contributed by atoms with Gasteiger partial charge in [-0.05, 0) is 28.1 Å². The van der Waals surface area contributed by atoms with Crippen LogP contribution in [0.1, 0.15) is 10.4 Å². The van der Waals surface area contributed by atoms with Crippen molar-refractivity contribution in [2.45, 2.75) is 0 Å². The number of carbonyl (C=O) groups is 1. The molecule has 1 heterocycles. The fourth-order valence-electron chi connectivity index (χ4n) is 0.777. The summed E-state index contributed by atoms with van der Waals surface area (Å²) in [4.78, 5) is 15.2. The molecule has 0 saturated heterocycles. The molecule has 0 unspecified atom stereocenters. The summed E-state index contributed by atoms with van der Waals surface area (Å²) >= 11 is 3.19. The van der Waals surface area contributed by atoms with Gasteiger partial charge in [0.15, 0.2) is 0 Å². The molecule has 0 atom stereocenters. The number of nitrogens with one attached hydrogen (secondary N) is 1. The molecule has 0 aliphatic carbocycles. The average Bonchev–Trinajstić information content (AvgIpc) is 2.15. The molecule has 68 valence electrons. The summed E-state index contributed by atoms with van der Waals surface area (Å²) in [7, 11) is 0. The van der Waals surface area contributed by atoms with Crippen molar-refractivity contribution in [3.8, 4) is 0 Å². The third-order valence-electron chi connectivity index (χ3n) is 1.40. The standard InChI is InChI=1S/C9H9BrN2O/c1-2-5-11-9(13)7-3-4-8(10)12-6-7/h2-4,6H,1,5H2,(H,11,13). The van der Waals surface area contributed by atoms with E-state index in [1.807, 2.05) is 0 Å². The average molecular weight is 241 g/mol. The van der Waals surface area contributed by atoms with E-state index in [4.69, 9.17) is 0 Å². The Morgan fingerprint density at radius 2 is 2.46 bits per heavy atom. The molecule has 1 aromatic heterocycles. The van der Waals surface area contributed by atoms with Gasteiger partial charge in [0, 0.05) is 12.7 Å². The van der Waals surface area contributed by atoms with Gasteiger partial charge < -0.3 is 5.32 Å². The fraction of sp³-hybridized carbons (Fsp3) is 0.111. The van der Waals surface area contributed by atoms with Gasteiger partial charge in [0.05, 0.1) is 5.56 Å². The van der Waals surface area contributed by atoms with Gasteiger partial charge in [-0.25, -0.2) is 4.98 Å². The van der Waals surface area contributed by atoms with Crippen LogP contribution in [-0.4, -0.2) is 17.4 Å². The minimum Gasteiger partial charge on any atom is -0.349 e. The molecule has 0 radical (unpaired) electrons. The minimum atomic E-state index is -0.139. The Kier molecular flexibility index (Phi) is 3.64. The predicted octanol–water partition coefficient (Wildman–Crippen LogP) is 1.76. The summed E-state index contributed by atoms with van der Waals surface area (Å²) in [5, 5.41) is 2.66. The molecular weight excluding hydrogens is 232 g/mol. The molecule has 13 heavy (non-hydrogen) atoms. The van der Waals surface area contributed by atoms with E-state index >= 15 is 0 Å². The zero-order chi connectivity index (χ0) is 9.68. The second-order valence-corrected chi connectivity index (χ2v) is 3.18. The molecule has 0 aliphatic heterocycles. The first kappa shape index (κ1) is 9.92. The molecule has 0 spiro atoms. The normalized spacial score (nSPS) is 9.31. The molecule has 0 bridgehead atoms. The number of halogens is 1. The van der Waals surface area contributed by atoms with Gasteiger partial charge in [0.25, 0.3) is 5.91 Å². The highest BCUT2D eigenvalue weighted by Gasteiger charge is 2.02. The van der Waals surface area contributed by atoms with Crippen molar-refractivity contribution >= 4 is 21.8 Å². The van der Waals surface area contributed by atoms with Crippen molar-refractivity contribution < 1.29 is 4.79 Å². The summed E-state index contributed by atoms with van der Waals surface area (Å²) in [5.74, 6) is -0.139. The Morgan fingerprint density at radius 3 is 3.00 bits per heavy atom. The van der Waals surface area contributed by atoms with Crippen molar-refractivity contribution in [2.75, 3.05) is 6.54 Å². The van der Waals surface area contributed by atoms with Crippen molar-refractivity contribution in [3.05, 3.63) is 41.2 Å². The van der Waals surface area contributed by atoms with Gasteiger partial charge >= 0.3 is 0 Å². The van der Waals surface area contributed by atoms with Crippen LogP contribution < -0.4 is 5.32 Å². The Hall–Kier alpha value is -1.16. The number of hydrogen-bond acceptors (Lipinski definition) is 2. The van der Waals surface area contributed by atoms with Crippen LogP contribution in [0.2, 0.25) is 0 Å².